The van der Waals surface area contributed by atoms with Gasteiger partial charge in [-0.15, -0.1) is 0 Å². The number of rotatable bonds is 2. The van der Waals surface area contributed by atoms with Crippen molar-refractivity contribution < 1.29 is 23.1 Å². The number of hydrogen-bond acceptors (Lipinski definition) is 3. The molecule has 0 spiro atoms. The lowest BCUT2D eigenvalue weighted by molar-refractivity contribution is -0.123. The van der Waals surface area contributed by atoms with Gasteiger partial charge in [-0.25, -0.2) is 0 Å². The summed E-state index contributed by atoms with van der Waals surface area (Å²) in [6.45, 7) is 1.85. The molecule has 0 radical (unpaired) electrons. The quantitative estimate of drug-likeness (QED) is 0.872. The van der Waals surface area contributed by atoms with E-state index in [1.54, 1.807) is 24.3 Å². The second kappa shape index (κ2) is 6.44. The standard InChI is InChI=1S/C18H21F3N2O2/c1-12-7-9-13(10-8-12)16(24)23-17(25,14-5-3-2-4-6-14)11-15(22-23)18(19,20)21/h7-10,14,25H,2-6,11H2,1H3/t17-/m0/s1. The summed E-state index contributed by atoms with van der Waals surface area (Å²) >= 11 is 0. The summed E-state index contributed by atoms with van der Waals surface area (Å²) in [6.07, 6.45) is -1.49. The first-order valence-corrected chi connectivity index (χ1v) is 8.50. The van der Waals surface area contributed by atoms with Crippen LogP contribution in [0.4, 0.5) is 13.2 Å². The van der Waals surface area contributed by atoms with Gasteiger partial charge in [0.25, 0.3) is 5.91 Å². The van der Waals surface area contributed by atoms with E-state index in [-0.39, 0.29) is 5.56 Å². The van der Waals surface area contributed by atoms with Crippen molar-refractivity contribution in [3.05, 3.63) is 35.4 Å². The van der Waals surface area contributed by atoms with E-state index in [9.17, 15) is 23.1 Å². The lowest BCUT2D eigenvalue weighted by atomic mass is 9.79. The minimum absolute atomic E-state index is 0.215. The lowest BCUT2D eigenvalue weighted by Gasteiger charge is -2.40. The average molecular weight is 354 g/mol. The monoisotopic (exact) mass is 354 g/mol. The van der Waals surface area contributed by atoms with Crippen LogP contribution in [0, 0.1) is 12.8 Å². The number of carbonyl (C=O) groups excluding carboxylic acids is 1. The highest BCUT2D eigenvalue weighted by Crippen LogP contribution is 2.43. The molecule has 7 heteroatoms. The number of alkyl halides is 3. The molecule has 1 atom stereocenters. The highest BCUT2D eigenvalue weighted by atomic mass is 19.4. The van der Waals surface area contributed by atoms with Crippen LogP contribution in [0.15, 0.2) is 29.4 Å². The van der Waals surface area contributed by atoms with Gasteiger partial charge in [-0.3, -0.25) is 4.79 Å². The Labute approximate surface area is 144 Å². The molecule has 3 rings (SSSR count). The molecular formula is C18H21F3N2O2. The van der Waals surface area contributed by atoms with Crippen LogP contribution >= 0.6 is 0 Å². The van der Waals surface area contributed by atoms with E-state index in [0.717, 1.165) is 24.8 Å². The van der Waals surface area contributed by atoms with Crippen LogP contribution in [0.25, 0.3) is 0 Å². The number of hydrazone groups is 1. The Morgan fingerprint density at radius 2 is 1.80 bits per heavy atom. The molecule has 136 valence electrons. The van der Waals surface area contributed by atoms with Crippen LogP contribution in [-0.2, 0) is 0 Å². The summed E-state index contributed by atoms with van der Waals surface area (Å²) in [4.78, 5) is 12.8. The highest BCUT2D eigenvalue weighted by Gasteiger charge is 2.55. The van der Waals surface area contributed by atoms with Crippen LogP contribution in [0.2, 0.25) is 0 Å². The van der Waals surface area contributed by atoms with Crippen molar-refractivity contribution in [3.63, 3.8) is 0 Å². The summed E-state index contributed by atoms with van der Waals surface area (Å²) in [5.74, 6) is -1.11. The number of halogens is 3. The number of amides is 1. The molecule has 4 nitrogen and oxygen atoms in total. The summed E-state index contributed by atoms with van der Waals surface area (Å²) < 4.78 is 39.6. The van der Waals surface area contributed by atoms with Crippen molar-refractivity contribution in [3.8, 4) is 0 Å². The Kier molecular flexibility index (Phi) is 4.62. The minimum Gasteiger partial charge on any atom is -0.368 e. The molecule has 1 N–H and O–H groups in total. The third-order valence-electron chi connectivity index (χ3n) is 5.09. The maximum absolute atomic E-state index is 13.2. The van der Waals surface area contributed by atoms with Crippen molar-refractivity contribution in [1.82, 2.24) is 5.01 Å². The molecule has 1 saturated carbocycles. The normalized spacial score (nSPS) is 25.2. The molecule has 1 aromatic carbocycles. The second-order valence-corrected chi connectivity index (χ2v) is 6.92. The number of benzene rings is 1. The molecule has 0 unspecified atom stereocenters. The largest absolute Gasteiger partial charge is 0.431 e. The van der Waals surface area contributed by atoms with Crippen LogP contribution in [0.3, 0.4) is 0 Å². The summed E-state index contributed by atoms with van der Waals surface area (Å²) in [5, 5.41) is 15.3. The van der Waals surface area contributed by atoms with Crippen molar-refractivity contribution in [1.29, 1.82) is 0 Å². The molecule has 1 aliphatic carbocycles. The van der Waals surface area contributed by atoms with E-state index in [2.05, 4.69) is 5.10 Å². The summed E-state index contributed by atoms with van der Waals surface area (Å²) in [5.41, 5.74) is -1.86. The van der Waals surface area contributed by atoms with Gasteiger partial charge in [-0.2, -0.15) is 23.3 Å². The Morgan fingerprint density at radius 1 is 1.20 bits per heavy atom. The van der Waals surface area contributed by atoms with E-state index in [4.69, 9.17) is 0 Å². The molecule has 1 aromatic rings. The fraction of sp³-hybridized carbons (Fsp3) is 0.556. The molecule has 2 aliphatic rings. The summed E-state index contributed by atoms with van der Waals surface area (Å²) in [7, 11) is 0. The van der Waals surface area contributed by atoms with Crippen LogP contribution in [0.5, 0.6) is 0 Å². The number of carbonyl (C=O) groups is 1. The molecule has 1 fully saturated rings. The maximum Gasteiger partial charge on any atom is 0.431 e. The molecule has 25 heavy (non-hydrogen) atoms. The van der Waals surface area contributed by atoms with Crippen LogP contribution in [-0.4, -0.2) is 33.6 Å². The Morgan fingerprint density at radius 3 is 2.36 bits per heavy atom. The Bertz CT molecular complexity index is 679. The first-order chi connectivity index (χ1) is 11.7. The second-order valence-electron chi connectivity index (χ2n) is 6.92. The Balaban J connectivity index is 1.96. The van der Waals surface area contributed by atoms with Gasteiger partial charge >= 0.3 is 6.18 Å². The predicted molar refractivity (Wildman–Crippen MR) is 87.0 cm³/mol. The van der Waals surface area contributed by atoms with Gasteiger partial charge in [0.1, 0.15) is 5.71 Å². The molecular weight excluding hydrogens is 333 g/mol. The average Bonchev–Trinajstić information content (AvgIpc) is 2.95. The fourth-order valence-corrected chi connectivity index (χ4v) is 3.64. The van der Waals surface area contributed by atoms with Gasteiger partial charge in [0.05, 0.1) is 0 Å². The van der Waals surface area contributed by atoms with Crippen LogP contribution in [0.1, 0.15) is 54.4 Å². The van der Waals surface area contributed by atoms with Crippen LogP contribution < -0.4 is 0 Å². The Hall–Kier alpha value is -1.89. The SMILES string of the molecule is Cc1ccc(C(=O)N2N=C(C(F)(F)F)C[C@]2(O)C2CCCCC2)cc1. The fourth-order valence-electron chi connectivity index (χ4n) is 3.64. The molecule has 1 amide bonds. The smallest absolute Gasteiger partial charge is 0.368 e. The van der Waals surface area contributed by atoms with Crippen molar-refractivity contribution >= 4 is 11.6 Å². The zero-order valence-corrected chi connectivity index (χ0v) is 14.0. The van der Waals surface area contributed by atoms with E-state index < -0.39 is 35.9 Å². The molecule has 1 aliphatic heterocycles. The number of aliphatic hydroxyl groups is 1. The number of nitrogens with zero attached hydrogens (tertiary/aromatic N) is 2. The number of hydrogen-bond donors (Lipinski definition) is 1. The van der Waals surface area contributed by atoms with E-state index in [1.807, 2.05) is 6.92 Å². The van der Waals surface area contributed by atoms with Gasteiger partial charge in [-0.1, -0.05) is 37.0 Å². The zero-order valence-electron chi connectivity index (χ0n) is 14.0. The zero-order chi connectivity index (χ0) is 18.2. The van der Waals surface area contributed by atoms with Crippen molar-refractivity contribution in [2.75, 3.05) is 0 Å². The highest BCUT2D eigenvalue weighted by molar-refractivity contribution is 5.99. The predicted octanol–water partition coefficient (Wildman–Crippen LogP) is 4.03. The molecule has 0 saturated heterocycles. The van der Waals surface area contributed by atoms with E-state index in [0.29, 0.717) is 17.9 Å². The van der Waals surface area contributed by atoms with Crippen molar-refractivity contribution in [2.45, 2.75) is 57.3 Å². The maximum atomic E-state index is 13.2. The summed E-state index contributed by atoms with van der Waals surface area (Å²) in [6, 6.07) is 6.49. The first-order valence-electron chi connectivity index (χ1n) is 8.50. The molecule has 1 heterocycles. The van der Waals surface area contributed by atoms with E-state index >= 15 is 0 Å². The van der Waals surface area contributed by atoms with Gasteiger partial charge in [0, 0.05) is 17.9 Å². The van der Waals surface area contributed by atoms with Gasteiger partial charge in [0.15, 0.2) is 5.72 Å². The van der Waals surface area contributed by atoms with Gasteiger partial charge < -0.3 is 5.11 Å². The van der Waals surface area contributed by atoms with E-state index in [1.165, 1.54) is 0 Å². The topological polar surface area (TPSA) is 52.9 Å². The number of aryl methyl sites for hydroxylation is 1. The molecule has 0 aromatic heterocycles. The molecule has 0 bridgehead atoms. The van der Waals surface area contributed by atoms with Gasteiger partial charge in [-0.05, 0) is 31.9 Å². The minimum atomic E-state index is -4.66. The first kappa shape index (κ1) is 17.9. The third-order valence-corrected chi connectivity index (χ3v) is 5.09. The third kappa shape index (κ3) is 3.42. The lowest BCUT2D eigenvalue weighted by Crippen LogP contribution is -2.52. The van der Waals surface area contributed by atoms with Gasteiger partial charge in [0.2, 0.25) is 0 Å². The van der Waals surface area contributed by atoms with Crippen molar-refractivity contribution in [2.24, 2.45) is 11.0 Å².